The van der Waals surface area contributed by atoms with Crippen LogP contribution in [0.3, 0.4) is 0 Å². The Hall–Kier alpha value is -0.790. The zero-order valence-electron chi connectivity index (χ0n) is 13.7. The van der Waals surface area contributed by atoms with Crippen molar-refractivity contribution in [3.8, 4) is 0 Å². The highest BCUT2D eigenvalue weighted by molar-refractivity contribution is 7.33. The van der Waals surface area contributed by atoms with E-state index in [0.717, 1.165) is 0 Å². The molecule has 0 aromatic heterocycles. The van der Waals surface area contributed by atoms with E-state index in [0.29, 0.717) is 12.8 Å². The Morgan fingerprint density at radius 1 is 0.833 bits per heavy atom. The first-order chi connectivity index (χ1) is 11.1. The molecule has 0 amide bonds. The van der Waals surface area contributed by atoms with Crippen molar-refractivity contribution < 1.29 is 40.8 Å². The van der Waals surface area contributed by atoms with E-state index >= 15 is 0 Å². The summed E-state index contributed by atoms with van der Waals surface area (Å²) in [6.45, 7) is 1.01. The predicted molar refractivity (Wildman–Crippen MR) is 79.9 cm³/mol. The van der Waals surface area contributed by atoms with Crippen LogP contribution in [0.4, 0.5) is 17.6 Å². The van der Waals surface area contributed by atoms with Crippen LogP contribution >= 0.6 is 8.25 Å². The van der Waals surface area contributed by atoms with Crippen molar-refractivity contribution in [2.45, 2.75) is 64.2 Å². The van der Waals surface area contributed by atoms with Gasteiger partial charge in [-0.25, -0.2) is 0 Å². The number of hydrogen-bond donors (Lipinski definition) is 0. The molecule has 0 N–H and O–H groups in total. The minimum atomic E-state index is -3.61. The maximum absolute atomic E-state index is 13.3. The predicted octanol–water partition coefficient (Wildman–Crippen LogP) is 4.20. The number of halogens is 4. The van der Waals surface area contributed by atoms with Gasteiger partial charge >= 0.3 is 20.1 Å². The quantitative estimate of drug-likeness (QED) is 0.335. The van der Waals surface area contributed by atoms with Crippen LogP contribution in [0.2, 0.25) is 0 Å². The second-order valence-corrected chi connectivity index (χ2v) is 6.37. The fourth-order valence-electron chi connectivity index (χ4n) is 1.58. The molecule has 0 radical (unpaired) electrons. The summed E-state index contributed by atoms with van der Waals surface area (Å²) in [5, 5.41) is 0. The van der Waals surface area contributed by atoms with Crippen LogP contribution in [-0.2, 0) is 23.2 Å². The number of hydrogen-bond acceptors (Lipinski definition) is 5. The molecule has 0 fully saturated rings. The number of carbonyl (C=O) groups excluding carboxylic acids is 2. The Balaban J connectivity index is 4.23. The smallest absolute Gasteiger partial charge is 0.302 e. The van der Waals surface area contributed by atoms with E-state index in [2.05, 4.69) is 9.05 Å². The van der Waals surface area contributed by atoms with Gasteiger partial charge < -0.3 is 9.05 Å². The summed E-state index contributed by atoms with van der Waals surface area (Å²) >= 11 is 0. The van der Waals surface area contributed by atoms with Gasteiger partial charge in [-0.2, -0.15) is 17.6 Å². The number of ketones is 2. The molecule has 5 nitrogen and oxygen atoms in total. The molecule has 0 aliphatic rings. The van der Waals surface area contributed by atoms with Gasteiger partial charge in [-0.3, -0.25) is 14.2 Å². The van der Waals surface area contributed by atoms with Crippen LogP contribution in [0, 0.1) is 0 Å². The zero-order chi connectivity index (χ0) is 18.8. The van der Waals surface area contributed by atoms with Gasteiger partial charge in [0.25, 0.3) is 0 Å². The minimum Gasteiger partial charge on any atom is -0.302 e. The lowest BCUT2D eigenvalue weighted by atomic mass is 10.1. The van der Waals surface area contributed by atoms with Crippen LogP contribution in [0.5, 0.6) is 0 Å². The summed E-state index contributed by atoms with van der Waals surface area (Å²) in [4.78, 5) is 22.5. The second kappa shape index (κ2) is 10.9. The van der Waals surface area contributed by atoms with Crippen LogP contribution in [0.25, 0.3) is 0 Å². The van der Waals surface area contributed by atoms with Gasteiger partial charge in [0.2, 0.25) is 11.6 Å². The van der Waals surface area contributed by atoms with Gasteiger partial charge in [-0.15, -0.1) is 0 Å². The van der Waals surface area contributed by atoms with Gasteiger partial charge in [0.1, 0.15) is 13.2 Å². The molecule has 142 valence electrons. The molecule has 0 saturated heterocycles. The average Bonchev–Trinajstić information content (AvgIpc) is 2.53. The van der Waals surface area contributed by atoms with Crippen molar-refractivity contribution in [1.82, 2.24) is 0 Å². The topological polar surface area (TPSA) is 69.7 Å². The SMILES string of the molecule is CCCCC(F)(F)C(=O)CO[PH](=O)OCC(=O)C(F)(F)CCCC. The van der Waals surface area contributed by atoms with Crippen molar-refractivity contribution >= 4 is 19.8 Å². The summed E-state index contributed by atoms with van der Waals surface area (Å²) in [6, 6.07) is 0. The summed E-state index contributed by atoms with van der Waals surface area (Å²) in [5.74, 6) is -10.4. The monoisotopic (exact) mass is 378 g/mol. The Morgan fingerprint density at radius 3 is 1.46 bits per heavy atom. The van der Waals surface area contributed by atoms with Crippen LogP contribution < -0.4 is 0 Å². The molecule has 0 aromatic rings. The fourth-order valence-corrected chi connectivity index (χ4v) is 2.16. The molecule has 0 spiro atoms. The first-order valence-electron chi connectivity index (χ1n) is 7.68. The molecule has 0 aliphatic heterocycles. The van der Waals surface area contributed by atoms with Crippen molar-refractivity contribution in [3.63, 3.8) is 0 Å². The molecule has 0 heterocycles. The Labute approximate surface area is 139 Å². The normalized spacial score (nSPS) is 12.6. The van der Waals surface area contributed by atoms with Crippen LogP contribution in [-0.4, -0.2) is 36.6 Å². The molecule has 0 rings (SSSR count). The average molecular weight is 378 g/mol. The first kappa shape index (κ1) is 23.2. The van der Waals surface area contributed by atoms with E-state index < -0.39 is 57.7 Å². The van der Waals surface area contributed by atoms with E-state index in [1.165, 1.54) is 0 Å². The van der Waals surface area contributed by atoms with Crippen molar-refractivity contribution in [3.05, 3.63) is 0 Å². The molecule has 0 aromatic carbocycles. The summed E-state index contributed by atoms with van der Waals surface area (Å²) in [7, 11) is -3.50. The molecule has 0 unspecified atom stereocenters. The fraction of sp³-hybridized carbons (Fsp3) is 0.857. The Bertz CT molecular complexity index is 405. The number of carbonyl (C=O) groups is 2. The van der Waals surface area contributed by atoms with Crippen molar-refractivity contribution in [2.75, 3.05) is 13.2 Å². The molecule has 0 aliphatic carbocycles. The molecule has 24 heavy (non-hydrogen) atoms. The highest BCUT2D eigenvalue weighted by Gasteiger charge is 2.39. The minimum absolute atomic E-state index is 0.131. The molecular formula is C14H23F4O5P. The Kier molecular flexibility index (Phi) is 10.6. The van der Waals surface area contributed by atoms with Gasteiger partial charge in [-0.1, -0.05) is 26.7 Å². The van der Waals surface area contributed by atoms with Gasteiger partial charge in [0.05, 0.1) is 0 Å². The number of unbranched alkanes of at least 4 members (excludes halogenated alkanes) is 2. The number of alkyl halides is 4. The Morgan fingerprint density at radius 2 is 1.17 bits per heavy atom. The zero-order valence-corrected chi connectivity index (χ0v) is 14.7. The maximum atomic E-state index is 13.3. The lowest BCUT2D eigenvalue weighted by molar-refractivity contribution is -0.147. The third kappa shape index (κ3) is 8.89. The molecular weight excluding hydrogens is 355 g/mol. The highest BCUT2D eigenvalue weighted by Crippen LogP contribution is 2.29. The van der Waals surface area contributed by atoms with Gasteiger partial charge in [-0.05, 0) is 12.8 Å². The first-order valence-corrected chi connectivity index (χ1v) is 8.91. The number of Topliss-reactive ketones (excluding diaryl/α,β-unsaturated/α-hetero) is 2. The largest absolute Gasteiger partial charge is 0.320 e. The summed E-state index contributed by atoms with van der Waals surface area (Å²) in [6.07, 6.45) is -0.113. The van der Waals surface area contributed by atoms with E-state index in [1.807, 2.05) is 0 Å². The molecule has 0 saturated carbocycles. The van der Waals surface area contributed by atoms with Crippen LogP contribution in [0.1, 0.15) is 52.4 Å². The van der Waals surface area contributed by atoms with Crippen molar-refractivity contribution in [2.24, 2.45) is 0 Å². The van der Waals surface area contributed by atoms with E-state index in [1.54, 1.807) is 13.8 Å². The molecule has 10 heteroatoms. The van der Waals surface area contributed by atoms with E-state index in [9.17, 15) is 31.7 Å². The lowest BCUT2D eigenvalue weighted by Crippen LogP contribution is -2.32. The van der Waals surface area contributed by atoms with Gasteiger partial charge in [0.15, 0.2) is 0 Å². The highest BCUT2D eigenvalue weighted by atomic mass is 31.1. The second-order valence-electron chi connectivity index (χ2n) is 5.29. The van der Waals surface area contributed by atoms with Gasteiger partial charge in [0, 0.05) is 12.8 Å². The van der Waals surface area contributed by atoms with E-state index in [4.69, 9.17) is 0 Å². The van der Waals surface area contributed by atoms with Crippen LogP contribution in [0.15, 0.2) is 0 Å². The third-order valence-corrected chi connectivity index (χ3v) is 3.91. The summed E-state index contributed by atoms with van der Waals surface area (Å²) < 4.78 is 73.2. The molecule has 0 bridgehead atoms. The standard InChI is InChI=1S/C14H23F4O5P/c1-3-5-7-13(15,16)11(19)9-22-24(21)23-10-12(20)14(17,18)8-6-4-2/h24H,3-10H2,1-2H3. The summed E-state index contributed by atoms with van der Waals surface area (Å²) in [5.41, 5.74) is 0. The molecule has 0 atom stereocenters. The third-order valence-electron chi connectivity index (χ3n) is 3.15. The van der Waals surface area contributed by atoms with E-state index in [-0.39, 0.29) is 12.8 Å². The van der Waals surface area contributed by atoms with Crippen molar-refractivity contribution in [1.29, 1.82) is 0 Å². The number of rotatable bonds is 14. The maximum Gasteiger partial charge on any atom is 0.320 e. The lowest BCUT2D eigenvalue weighted by Gasteiger charge is -2.15.